The van der Waals surface area contributed by atoms with Gasteiger partial charge in [0.05, 0.1) is 4.90 Å². The van der Waals surface area contributed by atoms with E-state index in [1.807, 2.05) is 0 Å². The number of carbonyl (C=O) groups excluding carboxylic acids is 1. The smallest absolute Gasteiger partial charge is 0.334 e. The Labute approximate surface area is 158 Å². The summed E-state index contributed by atoms with van der Waals surface area (Å²) in [5, 5.41) is 12.4. The average Bonchev–Trinajstić information content (AvgIpc) is 2.66. The Bertz CT molecular complexity index is 911. The van der Waals surface area contributed by atoms with Crippen LogP contribution in [-0.2, 0) is 20.4 Å². The lowest BCUT2D eigenvalue weighted by atomic mass is 9.87. The van der Waals surface area contributed by atoms with E-state index < -0.39 is 27.4 Å². The van der Waals surface area contributed by atoms with Crippen molar-refractivity contribution in [1.29, 1.82) is 0 Å². The highest BCUT2D eigenvalue weighted by Gasteiger charge is 2.40. The number of amides is 1. The standard InChI is InChI=1S/C19H22N2O5S/c1-3-19(18(23)24,15-8-6-5-7-9-15)21-17(22)14-10-12-16(13-11-14)27(25,26)20-4-2/h5-13,20H,3-4H2,1-2H3,(H,21,22)(H,23,24). The van der Waals surface area contributed by atoms with E-state index in [-0.39, 0.29) is 23.4 Å². The van der Waals surface area contributed by atoms with E-state index in [1.54, 1.807) is 44.2 Å². The molecule has 0 aromatic heterocycles. The molecule has 8 heteroatoms. The van der Waals surface area contributed by atoms with E-state index in [9.17, 15) is 23.1 Å². The lowest BCUT2D eigenvalue weighted by molar-refractivity contribution is -0.145. The van der Waals surface area contributed by atoms with Crippen molar-refractivity contribution in [3.63, 3.8) is 0 Å². The molecule has 0 aliphatic rings. The average molecular weight is 390 g/mol. The van der Waals surface area contributed by atoms with Gasteiger partial charge in [0.25, 0.3) is 5.91 Å². The molecule has 7 nitrogen and oxygen atoms in total. The van der Waals surface area contributed by atoms with Crippen molar-refractivity contribution in [2.45, 2.75) is 30.7 Å². The molecule has 0 bridgehead atoms. The van der Waals surface area contributed by atoms with Crippen molar-refractivity contribution in [1.82, 2.24) is 10.0 Å². The van der Waals surface area contributed by atoms with Crippen LogP contribution in [0.3, 0.4) is 0 Å². The number of rotatable bonds is 8. The summed E-state index contributed by atoms with van der Waals surface area (Å²) in [6, 6.07) is 13.8. The van der Waals surface area contributed by atoms with Crippen molar-refractivity contribution in [3.8, 4) is 0 Å². The van der Waals surface area contributed by atoms with Gasteiger partial charge in [-0.05, 0) is 36.2 Å². The number of hydrogen-bond acceptors (Lipinski definition) is 4. The van der Waals surface area contributed by atoms with Gasteiger partial charge in [0.1, 0.15) is 0 Å². The predicted octanol–water partition coefficient (Wildman–Crippen LogP) is 2.10. The van der Waals surface area contributed by atoms with E-state index in [4.69, 9.17) is 0 Å². The summed E-state index contributed by atoms with van der Waals surface area (Å²) >= 11 is 0. The highest BCUT2D eigenvalue weighted by Crippen LogP contribution is 2.26. The molecule has 27 heavy (non-hydrogen) atoms. The number of aliphatic carboxylic acids is 1. The Balaban J connectivity index is 2.32. The van der Waals surface area contributed by atoms with Crippen LogP contribution in [0.25, 0.3) is 0 Å². The number of nitrogens with one attached hydrogen (secondary N) is 2. The van der Waals surface area contributed by atoms with Crippen molar-refractivity contribution < 1.29 is 23.1 Å². The molecule has 1 atom stereocenters. The Morgan fingerprint density at radius 2 is 1.59 bits per heavy atom. The molecular weight excluding hydrogens is 368 g/mol. The molecule has 2 aromatic carbocycles. The third kappa shape index (κ3) is 4.35. The summed E-state index contributed by atoms with van der Waals surface area (Å²) in [7, 11) is -3.62. The fourth-order valence-electron chi connectivity index (χ4n) is 2.74. The van der Waals surface area contributed by atoms with E-state index in [0.717, 1.165) is 0 Å². The second-order valence-electron chi connectivity index (χ2n) is 5.91. The van der Waals surface area contributed by atoms with Gasteiger partial charge in [-0.2, -0.15) is 0 Å². The van der Waals surface area contributed by atoms with Gasteiger partial charge in [-0.25, -0.2) is 17.9 Å². The molecule has 2 aromatic rings. The molecule has 2 rings (SSSR count). The van der Waals surface area contributed by atoms with Gasteiger partial charge in [0.15, 0.2) is 5.54 Å². The van der Waals surface area contributed by atoms with Crippen molar-refractivity contribution in [2.75, 3.05) is 6.54 Å². The molecule has 0 radical (unpaired) electrons. The second-order valence-corrected chi connectivity index (χ2v) is 7.68. The van der Waals surface area contributed by atoms with E-state index >= 15 is 0 Å². The summed E-state index contributed by atoms with van der Waals surface area (Å²) < 4.78 is 26.3. The lowest BCUT2D eigenvalue weighted by Gasteiger charge is -2.30. The van der Waals surface area contributed by atoms with Gasteiger partial charge < -0.3 is 10.4 Å². The predicted molar refractivity (Wildman–Crippen MR) is 101 cm³/mol. The molecule has 3 N–H and O–H groups in total. The summed E-state index contributed by atoms with van der Waals surface area (Å²) in [5.74, 6) is -1.77. The molecule has 0 saturated heterocycles. The zero-order valence-electron chi connectivity index (χ0n) is 15.1. The molecule has 1 amide bonds. The molecule has 0 saturated carbocycles. The van der Waals surface area contributed by atoms with Crippen LogP contribution in [0.2, 0.25) is 0 Å². The first-order chi connectivity index (χ1) is 12.8. The molecule has 0 aliphatic carbocycles. The Morgan fingerprint density at radius 1 is 1.00 bits per heavy atom. The minimum Gasteiger partial charge on any atom is -0.479 e. The second kappa shape index (κ2) is 8.32. The van der Waals surface area contributed by atoms with Crippen LogP contribution in [0.1, 0.15) is 36.2 Å². The van der Waals surface area contributed by atoms with Crippen LogP contribution in [0.5, 0.6) is 0 Å². The largest absolute Gasteiger partial charge is 0.479 e. The summed E-state index contributed by atoms with van der Waals surface area (Å²) in [6.45, 7) is 3.59. The molecule has 0 heterocycles. The first-order valence-electron chi connectivity index (χ1n) is 8.48. The number of hydrogen-bond donors (Lipinski definition) is 3. The fraction of sp³-hybridized carbons (Fsp3) is 0.263. The normalized spacial score (nSPS) is 13.6. The van der Waals surface area contributed by atoms with Gasteiger partial charge in [0, 0.05) is 12.1 Å². The first kappa shape index (κ1) is 20.6. The van der Waals surface area contributed by atoms with Crippen molar-refractivity contribution >= 4 is 21.9 Å². The quantitative estimate of drug-likeness (QED) is 0.639. The maximum Gasteiger partial charge on any atom is 0.334 e. The van der Waals surface area contributed by atoms with Crippen LogP contribution in [-0.4, -0.2) is 31.9 Å². The van der Waals surface area contributed by atoms with Crippen molar-refractivity contribution in [3.05, 3.63) is 65.7 Å². The highest BCUT2D eigenvalue weighted by molar-refractivity contribution is 7.89. The van der Waals surface area contributed by atoms with Crippen LogP contribution in [0.15, 0.2) is 59.5 Å². The van der Waals surface area contributed by atoms with Crippen LogP contribution < -0.4 is 10.0 Å². The maximum absolute atomic E-state index is 12.6. The Kier molecular flexibility index (Phi) is 6.35. The van der Waals surface area contributed by atoms with Gasteiger partial charge in [-0.1, -0.05) is 44.2 Å². The van der Waals surface area contributed by atoms with Gasteiger partial charge >= 0.3 is 5.97 Å². The topological polar surface area (TPSA) is 113 Å². The Hall–Kier alpha value is -2.71. The van der Waals surface area contributed by atoms with Crippen LogP contribution in [0.4, 0.5) is 0 Å². The number of carbonyl (C=O) groups is 2. The highest BCUT2D eigenvalue weighted by atomic mass is 32.2. The van der Waals surface area contributed by atoms with E-state index in [0.29, 0.717) is 5.56 Å². The zero-order valence-corrected chi connectivity index (χ0v) is 15.9. The monoisotopic (exact) mass is 390 g/mol. The Morgan fingerprint density at radius 3 is 2.07 bits per heavy atom. The molecule has 0 spiro atoms. The number of benzene rings is 2. The number of sulfonamides is 1. The fourth-order valence-corrected chi connectivity index (χ4v) is 3.78. The molecule has 144 valence electrons. The zero-order chi connectivity index (χ0) is 20.1. The molecule has 0 fully saturated rings. The van der Waals surface area contributed by atoms with E-state index in [2.05, 4.69) is 10.0 Å². The summed E-state index contributed by atoms with van der Waals surface area (Å²) in [4.78, 5) is 24.7. The van der Waals surface area contributed by atoms with Crippen molar-refractivity contribution in [2.24, 2.45) is 0 Å². The molecule has 0 aliphatic heterocycles. The summed E-state index contributed by atoms with van der Waals surface area (Å²) in [6.07, 6.45) is 0.144. The third-order valence-electron chi connectivity index (χ3n) is 4.25. The minimum atomic E-state index is -3.62. The lowest BCUT2D eigenvalue weighted by Crippen LogP contribution is -2.51. The minimum absolute atomic E-state index is 0.0314. The summed E-state index contributed by atoms with van der Waals surface area (Å²) in [5.41, 5.74) is -0.951. The van der Waals surface area contributed by atoms with Gasteiger partial charge in [-0.3, -0.25) is 4.79 Å². The molecular formula is C19H22N2O5S. The first-order valence-corrected chi connectivity index (χ1v) is 9.96. The molecule has 1 unspecified atom stereocenters. The van der Waals surface area contributed by atoms with Crippen LogP contribution >= 0.6 is 0 Å². The maximum atomic E-state index is 12.6. The van der Waals surface area contributed by atoms with E-state index in [1.165, 1.54) is 24.3 Å². The van der Waals surface area contributed by atoms with Gasteiger partial charge in [0.2, 0.25) is 10.0 Å². The van der Waals surface area contributed by atoms with Crippen LogP contribution in [0, 0.1) is 0 Å². The van der Waals surface area contributed by atoms with Gasteiger partial charge in [-0.15, -0.1) is 0 Å². The third-order valence-corrected chi connectivity index (χ3v) is 5.81. The number of carboxylic acid groups (broad SMARTS) is 1. The SMILES string of the molecule is CCNS(=O)(=O)c1ccc(C(=O)NC(CC)(C(=O)O)c2ccccc2)cc1. The number of carboxylic acids is 1.